The normalized spacial score (nSPS) is 10.5. The second kappa shape index (κ2) is 7.96. The van der Waals surface area contributed by atoms with E-state index in [1.54, 1.807) is 0 Å². The van der Waals surface area contributed by atoms with Gasteiger partial charge in [-0.2, -0.15) is 0 Å². The maximum absolute atomic E-state index is 5.94. The number of hydrogen-bond acceptors (Lipinski definition) is 1. The van der Waals surface area contributed by atoms with Crippen molar-refractivity contribution in [3.8, 4) is 5.75 Å². The lowest BCUT2D eigenvalue weighted by atomic mass is 10.1. The first-order valence-electron chi connectivity index (χ1n) is 7.12. The highest BCUT2D eigenvalue weighted by molar-refractivity contribution is 6.17. The molecule has 0 aliphatic rings. The molecule has 2 aromatic carbocycles. The van der Waals surface area contributed by atoms with Gasteiger partial charge in [-0.3, -0.25) is 0 Å². The number of para-hydroxylation sites is 1. The monoisotopic (exact) mass is 288 g/mol. The van der Waals surface area contributed by atoms with E-state index in [0.29, 0.717) is 5.88 Å². The summed E-state index contributed by atoms with van der Waals surface area (Å²) in [7, 11) is 0. The van der Waals surface area contributed by atoms with Crippen molar-refractivity contribution in [3.05, 3.63) is 65.2 Å². The first-order chi connectivity index (χ1) is 9.81. The zero-order chi connectivity index (χ0) is 14.2. The van der Waals surface area contributed by atoms with Crippen LogP contribution >= 0.6 is 11.6 Å². The van der Waals surface area contributed by atoms with E-state index in [9.17, 15) is 0 Å². The predicted octanol–water partition coefficient (Wildman–Crippen LogP) is 5.14. The maximum Gasteiger partial charge on any atom is 0.126 e. The highest BCUT2D eigenvalue weighted by atomic mass is 35.5. The third-order valence-electron chi connectivity index (χ3n) is 3.39. The van der Waals surface area contributed by atoms with Crippen LogP contribution in [0.3, 0.4) is 0 Å². The second-order valence-electron chi connectivity index (χ2n) is 4.99. The number of aryl methyl sites for hydroxylation is 2. The average molecular weight is 289 g/mol. The molecule has 0 N–H and O–H groups in total. The Morgan fingerprint density at radius 2 is 1.75 bits per heavy atom. The van der Waals surface area contributed by atoms with Gasteiger partial charge in [-0.15, -0.1) is 11.6 Å². The van der Waals surface area contributed by atoms with Crippen LogP contribution in [0.25, 0.3) is 0 Å². The van der Waals surface area contributed by atoms with Crippen LogP contribution < -0.4 is 4.74 Å². The van der Waals surface area contributed by atoms with E-state index in [1.165, 1.54) is 5.56 Å². The van der Waals surface area contributed by atoms with Crippen molar-refractivity contribution in [2.75, 3.05) is 6.61 Å². The van der Waals surface area contributed by atoms with E-state index in [4.69, 9.17) is 16.3 Å². The molecule has 2 rings (SSSR count). The predicted molar refractivity (Wildman–Crippen MR) is 85.6 cm³/mol. The lowest BCUT2D eigenvalue weighted by Gasteiger charge is -2.12. The zero-order valence-corrected chi connectivity index (χ0v) is 12.7. The number of hydrogen-bond donors (Lipinski definition) is 0. The number of benzene rings is 2. The molecule has 0 aliphatic carbocycles. The van der Waals surface area contributed by atoms with Gasteiger partial charge in [-0.25, -0.2) is 0 Å². The lowest BCUT2D eigenvalue weighted by Crippen LogP contribution is -2.02. The van der Waals surface area contributed by atoms with Gasteiger partial charge < -0.3 is 4.74 Å². The molecule has 2 aromatic rings. The summed E-state index contributed by atoms with van der Waals surface area (Å²) in [4.78, 5) is 0. The zero-order valence-electron chi connectivity index (χ0n) is 11.9. The number of unbranched alkanes of at least 4 members (excludes halogenated alkanes) is 1. The Morgan fingerprint density at radius 3 is 2.50 bits per heavy atom. The van der Waals surface area contributed by atoms with Crippen LogP contribution in [-0.2, 0) is 12.3 Å². The molecule has 106 valence electrons. The largest absolute Gasteiger partial charge is 0.493 e. The molecule has 2 heteroatoms. The highest BCUT2D eigenvalue weighted by Crippen LogP contribution is 2.25. The molecule has 0 aliphatic heterocycles. The topological polar surface area (TPSA) is 9.23 Å². The van der Waals surface area contributed by atoms with Gasteiger partial charge in [-0.1, -0.05) is 48.5 Å². The summed E-state index contributed by atoms with van der Waals surface area (Å²) in [6, 6.07) is 16.7. The molecule has 0 radical (unpaired) electrons. The van der Waals surface area contributed by atoms with E-state index in [0.717, 1.165) is 42.7 Å². The van der Waals surface area contributed by atoms with Gasteiger partial charge in [0.2, 0.25) is 0 Å². The van der Waals surface area contributed by atoms with Crippen LogP contribution in [0.2, 0.25) is 0 Å². The van der Waals surface area contributed by atoms with Gasteiger partial charge in [0.05, 0.1) is 12.5 Å². The van der Waals surface area contributed by atoms with Gasteiger partial charge in [0.15, 0.2) is 0 Å². The highest BCUT2D eigenvalue weighted by Gasteiger charge is 2.05. The Hall–Kier alpha value is -1.47. The summed E-state index contributed by atoms with van der Waals surface area (Å²) in [5, 5.41) is 0. The van der Waals surface area contributed by atoms with Gasteiger partial charge in [0.1, 0.15) is 5.75 Å². The van der Waals surface area contributed by atoms with E-state index in [-0.39, 0.29) is 0 Å². The van der Waals surface area contributed by atoms with Gasteiger partial charge in [0, 0.05) is 5.56 Å². The molecule has 0 atom stereocenters. The van der Waals surface area contributed by atoms with Crippen molar-refractivity contribution in [1.29, 1.82) is 0 Å². The van der Waals surface area contributed by atoms with Crippen LogP contribution in [0, 0.1) is 6.92 Å². The summed E-state index contributed by atoms with van der Waals surface area (Å²) < 4.78 is 5.91. The number of halogens is 1. The molecule has 0 aromatic heterocycles. The van der Waals surface area contributed by atoms with E-state index in [2.05, 4.69) is 43.3 Å². The molecular weight excluding hydrogens is 268 g/mol. The van der Waals surface area contributed by atoms with Crippen molar-refractivity contribution in [2.45, 2.75) is 32.1 Å². The van der Waals surface area contributed by atoms with Crippen LogP contribution in [-0.4, -0.2) is 6.61 Å². The average Bonchev–Trinajstić information content (AvgIpc) is 2.49. The Kier molecular flexibility index (Phi) is 5.94. The van der Waals surface area contributed by atoms with E-state index in [1.807, 2.05) is 12.1 Å². The molecule has 0 saturated heterocycles. The van der Waals surface area contributed by atoms with Crippen molar-refractivity contribution in [3.63, 3.8) is 0 Å². The Balaban J connectivity index is 1.76. The molecule has 0 saturated carbocycles. The standard InChI is InChI=1S/C18H21ClO/c1-15-8-7-12-17(14-19)18(15)20-13-6-5-11-16-9-3-2-4-10-16/h2-4,7-10,12H,5-6,11,13-14H2,1H3. The van der Waals surface area contributed by atoms with E-state index >= 15 is 0 Å². The molecule has 0 heterocycles. The molecule has 20 heavy (non-hydrogen) atoms. The van der Waals surface area contributed by atoms with Crippen molar-refractivity contribution in [1.82, 2.24) is 0 Å². The summed E-state index contributed by atoms with van der Waals surface area (Å²) in [5.74, 6) is 1.46. The minimum atomic E-state index is 0.501. The minimum Gasteiger partial charge on any atom is -0.493 e. The second-order valence-corrected chi connectivity index (χ2v) is 5.26. The van der Waals surface area contributed by atoms with Gasteiger partial charge in [0.25, 0.3) is 0 Å². The summed E-state index contributed by atoms with van der Waals surface area (Å²) in [6.07, 6.45) is 3.32. The SMILES string of the molecule is Cc1cccc(CCl)c1OCCCCc1ccccc1. The van der Waals surface area contributed by atoms with Crippen LogP contribution in [0.5, 0.6) is 5.75 Å². The lowest BCUT2D eigenvalue weighted by molar-refractivity contribution is 0.303. The Bertz CT molecular complexity index is 522. The first kappa shape index (κ1) is 14.9. The van der Waals surface area contributed by atoms with Crippen LogP contribution in [0.4, 0.5) is 0 Å². The number of rotatable bonds is 7. The van der Waals surface area contributed by atoms with Crippen molar-refractivity contribution in [2.24, 2.45) is 0 Å². The summed E-state index contributed by atoms with van der Waals surface area (Å²) in [5.41, 5.74) is 3.63. The fourth-order valence-electron chi connectivity index (χ4n) is 2.28. The molecule has 0 bridgehead atoms. The van der Waals surface area contributed by atoms with Gasteiger partial charge >= 0.3 is 0 Å². The first-order valence-corrected chi connectivity index (χ1v) is 7.66. The summed E-state index contributed by atoms with van der Waals surface area (Å²) >= 11 is 5.94. The van der Waals surface area contributed by atoms with Crippen molar-refractivity contribution < 1.29 is 4.74 Å². The smallest absolute Gasteiger partial charge is 0.126 e. The fraction of sp³-hybridized carbons (Fsp3) is 0.333. The fourth-order valence-corrected chi connectivity index (χ4v) is 2.49. The molecule has 1 nitrogen and oxygen atoms in total. The Morgan fingerprint density at radius 1 is 0.950 bits per heavy atom. The number of ether oxygens (including phenoxy) is 1. The van der Waals surface area contributed by atoms with Gasteiger partial charge in [-0.05, 0) is 37.3 Å². The third-order valence-corrected chi connectivity index (χ3v) is 3.67. The molecule has 0 unspecified atom stereocenters. The third kappa shape index (κ3) is 4.28. The van der Waals surface area contributed by atoms with Crippen molar-refractivity contribution >= 4 is 11.6 Å². The summed E-state index contributed by atoms with van der Waals surface area (Å²) in [6.45, 7) is 2.82. The molecule has 0 spiro atoms. The number of alkyl halides is 1. The maximum atomic E-state index is 5.94. The van der Waals surface area contributed by atoms with Crippen LogP contribution in [0.1, 0.15) is 29.5 Å². The molecular formula is C18H21ClO. The van der Waals surface area contributed by atoms with Crippen LogP contribution in [0.15, 0.2) is 48.5 Å². The quantitative estimate of drug-likeness (QED) is 0.506. The molecule has 0 amide bonds. The molecule has 0 fully saturated rings. The minimum absolute atomic E-state index is 0.501. The Labute approximate surface area is 126 Å². The van der Waals surface area contributed by atoms with E-state index < -0.39 is 0 Å².